The lowest BCUT2D eigenvalue weighted by Crippen LogP contribution is -2.33. The first-order valence-corrected chi connectivity index (χ1v) is 11.1. The molecule has 2 N–H and O–H groups in total. The third kappa shape index (κ3) is 12.9. The molecule has 0 aliphatic rings. The Hall–Kier alpha value is -0.130. The maximum Gasteiger partial charge on any atom is 0.270 e. The first-order chi connectivity index (χ1) is 10.9. The molecule has 0 bridgehead atoms. The highest BCUT2D eigenvalue weighted by Gasteiger charge is 2.29. The van der Waals surface area contributed by atoms with Crippen LogP contribution in [0.25, 0.3) is 0 Å². The van der Waals surface area contributed by atoms with E-state index in [1.54, 1.807) is 0 Å². The lowest BCUT2D eigenvalue weighted by Gasteiger charge is -2.20. The lowest BCUT2D eigenvalue weighted by atomic mass is 10.0. The van der Waals surface area contributed by atoms with Crippen LogP contribution < -0.4 is 0 Å². The molecule has 2 atom stereocenters. The minimum Gasteiger partial charge on any atom is -0.392 e. The summed E-state index contributed by atoms with van der Waals surface area (Å²) < 4.78 is 32.1. The summed E-state index contributed by atoms with van der Waals surface area (Å²) in [6.07, 6.45) is 13.4. The molecule has 0 aromatic heterocycles. The zero-order valence-electron chi connectivity index (χ0n) is 15.2. The zero-order valence-corrected chi connectivity index (χ0v) is 16.0. The molecule has 0 rings (SSSR count). The average Bonchev–Trinajstić information content (AvgIpc) is 2.49. The first kappa shape index (κ1) is 22.9. The number of aliphatic hydroxyl groups excluding tert-OH is 1. The fourth-order valence-electron chi connectivity index (χ4n) is 2.97. The van der Waals surface area contributed by atoms with E-state index in [0.717, 1.165) is 32.1 Å². The number of unbranched alkanes of at least 4 members (excludes halogenated alkanes) is 10. The maximum absolute atomic E-state index is 11.4. The fourth-order valence-corrected chi connectivity index (χ4v) is 3.97. The van der Waals surface area contributed by atoms with Crippen molar-refractivity contribution in [2.24, 2.45) is 0 Å². The second kappa shape index (κ2) is 14.2. The van der Waals surface area contributed by atoms with E-state index in [1.165, 1.54) is 44.9 Å². The van der Waals surface area contributed by atoms with Crippen molar-refractivity contribution in [1.82, 2.24) is 0 Å². The first-order valence-electron chi connectivity index (χ1n) is 9.57. The maximum atomic E-state index is 11.4. The van der Waals surface area contributed by atoms with E-state index in [-0.39, 0.29) is 0 Å². The molecule has 0 aliphatic heterocycles. The van der Waals surface area contributed by atoms with Crippen LogP contribution in [0.3, 0.4) is 0 Å². The summed E-state index contributed by atoms with van der Waals surface area (Å²) in [5.41, 5.74) is 0. The molecule has 23 heavy (non-hydrogen) atoms. The van der Waals surface area contributed by atoms with E-state index < -0.39 is 21.5 Å². The van der Waals surface area contributed by atoms with Crippen molar-refractivity contribution in [3.8, 4) is 0 Å². The van der Waals surface area contributed by atoms with Crippen LogP contribution in [0.4, 0.5) is 0 Å². The largest absolute Gasteiger partial charge is 0.392 e. The molecule has 4 nitrogen and oxygen atoms in total. The summed E-state index contributed by atoms with van der Waals surface area (Å²) >= 11 is 0. The van der Waals surface area contributed by atoms with Gasteiger partial charge in [0.15, 0.2) is 0 Å². The monoisotopic (exact) mass is 350 g/mol. The number of hydrogen-bond acceptors (Lipinski definition) is 3. The molecular weight excluding hydrogens is 312 g/mol. The third-order valence-electron chi connectivity index (χ3n) is 4.51. The Bertz CT molecular complexity index is 354. The molecule has 0 aromatic carbocycles. The highest BCUT2D eigenvalue weighted by molar-refractivity contribution is 7.86. The third-order valence-corrected chi connectivity index (χ3v) is 5.82. The summed E-state index contributed by atoms with van der Waals surface area (Å²) in [7, 11) is -4.15. The van der Waals surface area contributed by atoms with Crippen LogP contribution in [0.5, 0.6) is 0 Å². The van der Waals surface area contributed by atoms with Gasteiger partial charge in [0.2, 0.25) is 0 Å². The molecule has 140 valence electrons. The highest BCUT2D eigenvalue weighted by Crippen LogP contribution is 2.19. The van der Waals surface area contributed by atoms with Gasteiger partial charge in [-0.15, -0.1) is 0 Å². The molecular formula is C18H38O4S. The Morgan fingerprint density at radius 1 is 0.696 bits per heavy atom. The van der Waals surface area contributed by atoms with Gasteiger partial charge in [-0.25, -0.2) is 0 Å². The molecule has 0 aliphatic carbocycles. The molecule has 0 fully saturated rings. The highest BCUT2D eigenvalue weighted by atomic mass is 32.2. The quantitative estimate of drug-likeness (QED) is 0.300. The van der Waals surface area contributed by atoms with Gasteiger partial charge in [-0.05, 0) is 12.8 Å². The number of aliphatic hydroxyl groups is 1. The standard InChI is InChI=1S/C18H38O4S/c1-3-5-7-8-9-10-11-12-13-14-16-18(23(20,21)22)17(19)15-6-4-2/h17-19H,3-16H2,1-2H3,(H,20,21,22). The van der Waals surface area contributed by atoms with Gasteiger partial charge >= 0.3 is 0 Å². The van der Waals surface area contributed by atoms with Crippen molar-refractivity contribution in [2.75, 3.05) is 0 Å². The Kier molecular flexibility index (Phi) is 14.2. The van der Waals surface area contributed by atoms with Crippen LogP contribution in [0.2, 0.25) is 0 Å². The van der Waals surface area contributed by atoms with E-state index in [0.29, 0.717) is 12.8 Å². The van der Waals surface area contributed by atoms with E-state index in [9.17, 15) is 18.1 Å². The van der Waals surface area contributed by atoms with E-state index >= 15 is 0 Å². The van der Waals surface area contributed by atoms with Crippen molar-refractivity contribution in [1.29, 1.82) is 0 Å². The normalized spacial score (nSPS) is 14.8. The molecule has 0 amide bonds. The molecule has 2 unspecified atom stereocenters. The van der Waals surface area contributed by atoms with Crippen molar-refractivity contribution in [3.05, 3.63) is 0 Å². The molecule has 5 heteroatoms. The van der Waals surface area contributed by atoms with Crippen molar-refractivity contribution in [2.45, 2.75) is 115 Å². The predicted octanol–water partition coefficient (Wildman–Crippen LogP) is 5.10. The Balaban J connectivity index is 3.80. The number of hydrogen-bond donors (Lipinski definition) is 2. The molecule has 0 aromatic rings. The van der Waals surface area contributed by atoms with Gasteiger partial charge in [0, 0.05) is 0 Å². The second-order valence-electron chi connectivity index (χ2n) is 6.73. The fraction of sp³-hybridized carbons (Fsp3) is 1.00. The summed E-state index contributed by atoms with van der Waals surface area (Å²) in [4.78, 5) is 0. The number of rotatable bonds is 16. The van der Waals surface area contributed by atoms with Gasteiger partial charge in [0.05, 0.1) is 6.10 Å². The van der Waals surface area contributed by atoms with Gasteiger partial charge < -0.3 is 5.11 Å². The molecule has 0 saturated carbocycles. The molecule has 0 spiro atoms. The van der Waals surface area contributed by atoms with Gasteiger partial charge in [-0.3, -0.25) is 4.55 Å². The van der Waals surface area contributed by atoms with E-state index in [4.69, 9.17) is 0 Å². The van der Waals surface area contributed by atoms with Crippen LogP contribution in [0, 0.1) is 0 Å². The van der Waals surface area contributed by atoms with Crippen molar-refractivity contribution in [3.63, 3.8) is 0 Å². The predicted molar refractivity (Wildman–Crippen MR) is 97.3 cm³/mol. The minimum atomic E-state index is -4.15. The van der Waals surface area contributed by atoms with E-state index in [1.807, 2.05) is 6.92 Å². The Morgan fingerprint density at radius 3 is 1.57 bits per heavy atom. The minimum absolute atomic E-state index is 0.361. The van der Waals surface area contributed by atoms with Gasteiger partial charge in [-0.1, -0.05) is 90.9 Å². The summed E-state index contributed by atoms with van der Waals surface area (Å²) in [6.45, 7) is 4.22. The van der Waals surface area contributed by atoms with Gasteiger partial charge in [0.25, 0.3) is 10.1 Å². The van der Waals surface area contributed by atoms with Crippen LogP contribution in [0.1, 0.15) is 104 Å². The average molecular weight is 351 g/mol. The molecule has 0 heterocycles. The SMILES string of the molecule is CCCCCCCCCCCCC(C(O)CCCC)S(=O)(=O)O. The zero-order chi connectivity index (χ0) is 17.6. The van der Waals surface area contributed by atoms with Crippen molar-refractivity contribution < 1.29 is 18.1 Å². The van der Waals surface area contributed by atoms with Crippen LogP contribution in [-0.4, -0.2) is 29.4 Å². The smallest absolute Gasteiger partial charge is 0.270 e. The topological polar surface area (TPSA) is 74.6 Å². The summed E-state index contributed by atoms with van der Waals surface area (Å²) in [5.74, 6) is 0. The van der Waals surface area contributed by atoms with Gasteiger partial charge in [-0.2, -0.15) is 8.42 Å². The van der Waals surface area contributed by atoms with Gasteiger partial charge in [0.1, 0.15) is 5.25 Å². The molecule has 0 radical (unpaired) electrons. The van der Waals surface area contributed by atoms with Crippen LogP contribution in [0.15, 0.2) is 0 Å². The summed E-state index contributed by atoms with van der Waals surface area (Å²) in [5, 5.41) is 8.97. The molecule has 0 saturated heterocycles. The van der Waals surface area contributed by atoms with Crippen molar-refractivity contribution >= 4 is 10.1 Å². The summed E-state index contributed by atoms with van der Waals surface area (Å²) in [6, 6.07) is 0. The van der Waals surface area contributed by atoms with Crippen LogP contribution >= 0.6 is 0 Å². The lowest BCUT2D eigenvalue weighted by molar-refractivity contribution is 0.147. The second-order valence-corrected chi connectivity index (χ2v) is 8.37. The van der Waals surface area contributed by atoms with E-state index in [2.05, 4.69) is 6.92 Å². The van der Waals surface area contributed by atoms with Crippen LogP contribution in [-0.2, 0) is 10.1 Å². The Labute approximate surface area is 143 Å². The Morgan fingerprint density at radius 2 is 1.13 bits per heavy atom.